The van der Waals surface area contributed by atoms with Gasteiger partial charge in [0.25, 0.3) is 0 Å². The quantitative estimate of drug-likeness (QED) is 0.374. The lowest BCUT2D eigenvalue weighted by Crippen LogP contribution is -2.44. The van der Waals surface area contributed by atoms with Crippen molar-refractivity contribution < 1.29 is 4.79 Å². The first kappa shape index (κ1) is 25.5. The number of hydrogen-bond donors (Lipinski definition) is 0. The molecule has 0 unspecified atom stereocenters. The zero-order valence-corrected chi connectivity index (χ0v) is 21.1. The van der Waals surface area contributed by atoms with Crippen LogP contribution < -0.4 is 0 Å². The van der Waals surface area contributed by atoms with Crippen molar-refractivity contribution in [3.63, 3.8) is 0 Å². The van der Waals surface area contributed by atoms with Crippen molar-refractivity contribution in [3.8, 4) is 0 Å². The third kappa shape index (κ3) is 6.17. The number of aldehydes is 1. The molecule has 0 saturated heterocycles. The van der Waals surface area contributed by atoms with E-state index in [1.54, 1.807) is 0 Å². The van der Waals surface area contributed by atoms with Crippen LogP contribution >= 0.6 is 0 Å². The number of hydrogen-bond acceptors (Lipinski definition) is 3. The zero-order valence-electron chi connectivity index (χ0n) is 21.1. The molecule has 0 heterocycles. The zero-order chi connectivity index (χ0) is 23.2. The molecule has 0 aliphatic heterocycles. The van der Waals surface area contributed by atoms with E-state index in [4.69, 9.17) is 0 Å². The summed E-state index contributed by atoms with van der Waals surface area (Å²) in [6.07, 6.45) is 2.93. The molecule has 0 aliphatic carbocycles. The van der Waals surface area contributed by atoms with Crippen LogP contribution in [0.2, 0.25) is 0 Å². The Bertz CT molecular complexity index is 779. The van der Waals surface area contributed by atoms with Crippen LogP contribution in [0.1, 0.15) is 73.8 Å². The van der Waals surface area contributed by atoms with Crippen molar-refractivity contribution in [2.24, 2.45) is 0 Å². The molecule has 0 aromatic heterocycles. The minimum atomic E-state index is -0.495. The third-order valence-corrected chi connectivity index (χ3v) is 6.84. The van der Waals surface area contributed by atoms with Gasteiger partial charge < -0.3 is 4.79 Å². The maximum absolute atomic E-state index is 12.9. The lowest BCUT2D eigenvalue weighted by atomic mass is 9.73. The highest BCUT2D eigenvalue weighted by Gasteiger charge is 2.35. The van der Waals surface area contributed by atoms with Crippen molar-refractivity contribution in [2.75, 3.05) is 13.1 Å². The molecule has 0 atom stereocenters. The fourth-order valence-electron chi connectivity index (χ4n) is 5.12. The van der Waals surface area contributed by atoms with Crippen molar-refractivity contribution in [1.29, 1.82) is 0 Å². The van der Waals surface area contributed by atoms with Crippen LogP contribution in [0.25, 0.3) is 10.8 Å². The van der Waals surface area contributed by atoms with Gasteiger partial charge in [0.15, 0.2) is 0 Å². The first-order valence-corrected chi connectivity index (χ1v) is 12.1. The van der Waals surface area contributed by atoms with Crippen molar-refractivity contribution >= 4 is 17.1 Å². The average molecular weight is 425 g/mol. The Morgan fingerprint density at radius 2 is 1.16 bits per heavy atom. The molecule has 0 N–H and O–H groups in total. The summed E-state index contributed by atoms with van der Waals surface area (Å²) in [5.41, 5.74) is 0.686. The average Bonchev–Trinajstić information content (AvgIpc) is 2.71. The molecule has 0 bridgehead atoms. The van der Waals surface area contributed by atoms with E-state index in [2.05, 4.69) is 108 Å². The van der Waals surface area contributed by atoms with E-state index in [1.807, 2.05) is 0 Å². The molecular formula is C28H44N2O. The second-order valence-corrected chi connectivity index (χ2v) is 10.2. The summed E-state index contributed by atoms with van der Waals surface area (Å²) in [6, 6.07) is 16.8. The molecule has 0 saturated carbocycles. The van der Waals surface area contributed by atoms with Gasteiger partial charge in [0.05, 0.1) is 5.41 Å². The molecule has 0 amide bonds. The molecule has 0 radical (unpaired) electrons. The summed E-state index contributed by atoms with van der Waals surface area (Å²) < 4.78 is 0. The fraction of sp³-hybridized carbons (Fsp3) is 0.607. The summed E-state index contributed by atoms with van der Waals surface area (Å²) in [4.78, 5) is 18.0. The fourth-order valence-corrected chi connectivity index (χ4v) is 5.12. The largest absolute Gasteiger partial charge is 0.302 e. The third-order valence-electron chi connectivity index (χ3n) is 6.84. The van der Waals surface area contributed by atoms with E-state index in [-0.39, 0.29) is 0 Å². The minimum Gasteiger partial charge on any atom is -0.302 e. The van der Waals surface area contributed by atoms with Gasteiger partial charge in [0.1, 0.15) is 6.29 Å². The molecule has 0 spiro atoms. The number of carbonyl (C=O) groups excluding carboxylic acids is 1. The van der Waals surface area contributed by atoms with Crippen molar-refractivity contribution in [2.45, 2.75) is 97.8 Å². The van der Waals surface area contributed by atoms with Crippen LogP contribution in [0.4, 0.5) is 0 Å². The van der Waals surface area contributed by atoms with Crippen LogP contribution in [-0.4, -0.2) is 53.3 Å². The molecule has 2 aromatic carbocycles. The highest BCUT2D eigenvalue weighted by Crippen LogP contribution is 2.36. The molecule has 2 aromatic rings. The second-order valence-electron chi connectivity index (χ2n) is 10.2. The Balaban J connectivity index is 2.50. The van der Waals surface area contributed by atoms with Gasteiger partial charge in [-0.05, 0) is 97.7 Å². The van der Waals surface area contributed by atoms with E-state index in [0.717, 1.165) is 25.9 Å². The number of rotatable bonds is 12. The summed E-state index contributed by atoms with van der Waals surface area (Å²) >= 11 is 0. The topological polar surface area (TPSA) is 23.6 Å². The van der Waals surface area contributed by atoms with Crippen molar-refractivity contribution in [1.82, 2.24) is 9.80 Å². The van der Waals surface area contributed by atoms with Gasteiger partial charge in [0, 0.05) is 24.2 Å². The molecule has 0 fully saturated rings. The van der Waals surface area contributed by atoms with Crippen molar-refractivity contribution in [3.05, 3.63) is 48.0 Å². The van der Waals surface area contributed by atoms with E-state index < -0.39 is 5.41 Å². The predicted molar refractivity (Wildman–Crippen MR) is 135 cm³/mol. The summed E-state index contributed by atoms with van der Waals surface area (Å²) in [5, 5.41) is 2.42. The predicted octanol–water partition coefficient (Wildman–Crippen LogP) is 6.29. The van der Waals surface area contributed by atoms with Crippen LogP contribution in [0.15, 0.2) is 42.5 Å². The van der Waals surface area contributed by atoms with E-state index in [9.17, 15) is 4.79 Å². The normalized spacial score (nSPS) is 13.0. The van der Waals surface area contributed by atoms with E-state index in [0.29, 0.717) is 24.2 Å². The standard InChI is InChI=1S/C28H44N2O/c1-21(2)29(22(3)4)18-16-28(20-31,17-19-30(23(5)6)24(7)8)27-15-11-13-25-12-9-10-14-26(25)27/h9-15,20-24H,16-19H2,1-8H3. The number of nitrogens with zero attached hydrogens (tertiary/aromatic N) is 2. The Morgan fingerprint density at radius 1 is 0.710 bits per heavy atom. The van der Waals surface area contributed by atoms with Crippen LogP contribution in [0.5, 0.6) is 0 Å². The lowest BCUT2D eigenvalue weighted by molar-refractivity contribution is -0.113. The Hall–Kier alpha value is -1.71. The van der Waals surface area contributed by atoms with E-state index >= 15 is 0 Å². The van der Waals surface area contributed by atoms with Crippen LogP contribution in [-0.2, 0) is 10.2 Å². The monoisotopic (exact) mass is 424 g/mol. The van der Waals surface area contributed by atoms with Gasteiger partial charge in [-0.1, -0.05) is 42.5 Å². The SMILES string of the molecule is CC(C)N(CCC(C=O)(CCN(C(C)C)C(C)C)c1cccc2ccccc12)C(C)C. The van der Waals surface area contributed by atoms with Gasteiger partial charge in [-0.25, -0.2) is 0 Å². The van der Waals surface area contributed by atoms with E-state index in [1.165, 1.54) is 22.6 Å². The van der Waals surface area contributed by atoms with Gasteiger partial charge >= 0.3 is 0 Å². The molecule has 2 rings (SSSR count). The van der Waals surface area contributed by atoms with Gasteiger partial charge in [-0.3, -0.25) is 9.80 Å². The summed E-state index contributed by atoms with van der Waals surface area (Å²) in [5.74, 6) is 0. The van der Waals surface area contributed by atoms with Crippen LogP contribution in [0, 0.1) is 0 Å². The smallest absolute Gasteiger partial charge is 0.130 e. The van der Waals surface area contributed by atoms with Gasteiger partial charge in [-0.2, -0.15) is 0 Å². The number of fused-ring (bicyclic) bond motifs is 1. The first-order valence-electron chi connectivity index (χ1n) is 12.1. The maximum Gasteiger partial charge on any atom is 0.130 e. The maximum atomic E-state index is 12.9. The second kappa shape index (κ2) is 11.2. The minimum absolute atomic E-state index is 0.458. The Kier molecular flexibility index (Phi) is 9.27. The highest BCUT2D eigenvalue weighted by molar-refractivity contribution is 5.90. The molecule has 0 aliphatic rings. The Labute approximate surface area is 190 Å². The lowest BCUT2D eigenvalue weighted by Gasteiger charge is -2.38. The highest BCUT2D eigenvalue weighted by atomic mass is 16.1. The first-order chi connectivity index (χ1) is 14.6. The Morgan fingerprint density at radius 3 is 1.61 bits per heavy atom. The molecular weight excluding hydrogens is 380 g/mol. The summed E-state index contributed by atoms with van der Waals surface area (Å²) in [6.45, 7) is 19.8. The van der Waals surface area contributed by atoms with Gasteiger partial charge in [-0.15, -0.1) is 0 Å². The van der Waals surface area contributed by atoms with Gasteiger partial charge in [0.2, 0.25) is 0 Å². The molecule has 31 heavy (non-hydrogen) atoms. The molecule has 172 valence electrons. The van der Waals surface area contributed by atoms with Crippen LogP contribution in [0.3, 0.4) is 0 Å². The molecule has 3 heteroatoms. The molecule has 3 nitrogen and oxygen atoms in total. The number of carbonyl (C=O) groups is 1. The summed E-state index contributed by atoms with van der Waals surface area (Å²) in [7, 11) is 0. The number of benzene rings is 2.